The van der Waals surface area contributed by atoms with Crippen molar-refractivity contribution in [2.24, 2.45) is 5.92 Å². The number of hydrogen-bond donors (Lipinski definition) is 0. The molecule has 0 spiro atoms. The Kier molecular flexibility index (Phi) is 29.8. The van der Waals surface area contributed by atoms with Gasteiger partial charge < -0.3 is 82.5 Å². The average molecular weight is 1730 g/mol. The highest BCUT2D eigenvalue weighted by Gasteiger charge is 2.40. The van der Waals surface area contributed by atoms with Gasteiger partial charge in [0.15, 0.2) is 0 Å². The highest BCUT2D eigenvalue weighted by Crippen LogP contribution is 2.41. The number of aromatic nitrogens is 6. The monoisotopic (exact) mass is 1730 g/mol. The van der Waals surface area contributed by atoms with Gasteiger partial charge in [-0.1, -0.05) is 153 Å². The highest BCUT2D eigenvalue weighted by molar-refractivity contribution is 5.97. The van der Waals surface area contributed by atoms with Gasteiger partial charge in [-0.3, -0.25) is 14.4 Å². The van der Waals surface area contributed by atoms with Crippen LogP contribution in [0.3, 0.4) is 0 Å². The lowest BCUT2D eigenvalue weighted by Crippen LogP contribution is -2.57. The predicted octanol–water partition coefficient (Wildman–Crippen LogP) is 14.6. The molecule has 0 bridgehead atoms. The van der Waals surface area contributed by atoms with E-state index in [2.05, 4.69) is 219 Å². The fraction of sp³-hybridized carbons (Fsp3) is 0.455. The van der Waals surface area contributed by atoms with Crippen LogP contribution in [0.2, 0.25) is 0 Å². The molecule has 6 fully saturated rings. The Morgan fingerprint density at radius 2 is 0.781 bits per heavy atom. The van der Waals surface area contributed by atoms with E-state index in [9.17, 15) is 9.59 Å². The van der Waals surface area contributed by atoms with E-state index in [4.69, 9.17) is 68.6 Å². The maximum Gasteiger partial charge on any atom is 0.410 e. The van der Waals surface area contributed by atoms with Gasteiger partial charge in [-0.05, 0) is 164 Å². The van der Waals surface area contributed by atoms with Crippen LogP contribution < -0.4 is 43.6 Å². The summed E-state index contributed by atoms with van der Waals surface area (Å²) in [6.07, 6.45) is 11.3. The summed E-state index contributed by atoms with van der Waals surface area (Å²) in [7, 11) is 6.46. The van der Waals surface area contributed by atoms with Crippen molar-refractivity contribution in [1.82, 2.24) is 54.4 Å². The lowest BCUT2D eigenvalue weighted by molar-refractivity contribution is -0.127. The number of rotatable bonds is 20. The van der Waals surface area contributed by atoms with E-state index >= 15 is 0 Å². The smallest absolute Gasteiger partial charge is 0.410 e. The minimum absolute atomic E-state index is 0. The molecule has 3 unspecified atom stereocenters. The Morgan fingerprint density at radius 3 is 1.18 bits per heavy atom. The predicted molar refractivity (Wildman–Crippen MR) is 505 cm³/mol. The van der Waals surface area contributed by atoms with E-state index < -0.39 is 0 Å². The van der Waals surface area contributed by atoms with Gasteiger partial charge in [0.2, 0.25) is 19.6 Å². The van der Waals surface area contributed by atoms with Crippen molar-refractivity contribution in [1.29, 1.82) is 0 Å². The summed E-state index contributed by atoms with van der Waals surface area (Å²) in [5.41, 5.74) is 11.1. The molecule has 27 heteroatoms. The summed E-state index contributed by atoms with van der Waals surface area (Å²) in [4.78, 5) is 91.6. The Bertz CT molecular complexity index is 5720. The van der Waals surface area contributed by atoms with Crippen LogP contribution in [0, 0.1) is 37.5 Å². The molecule has 0 aliphatic carbocycles. The molecule has 9 aliphatic heterocycles. The number of carbonyl (C=O) groups is 2. The molecule has 0 radical (unpaired) electrons. The number of carbonyl (C=O) groups excluding carboxylic acids is 2. The summed E-state index contributed by atoms with van der Waals surface area (Å²) in [6, 6.07) is 56.6. The van der Waals surface area contributed by atoms with E-state index in [1.165, 1.54) is 74.2 Å². The van der Waals surface area contributed by atoms with Gasteiger partial charge in [-0.2, -0.15) is 29.9 Å². The maximum absolute atomic E-state index is 13.2. The molecule has 2 amide bonds. The summed E-state index contributed by atoms with van der Waals surface area (Å²) < 4.78 is 24.6. The minimum Gasteiger partial charge on any atom is -0.462 e. The van der Waals surface area contributed by atoms with Crippen molar-refractivity contribution >= 4 is 78.8 Å². The van der Waals surface area contributed by atoms with Crippen LogP contribution in [-0.4, -0.2) is 249 Å². The first-order valence-corrected chi connectivity index (χ1v) is 45.1. The Morgan fingerprint density at radius 1 is 0.406 bits per heavy atom. The minimum atomic E-state index is -0.387. The Labute approximate surface area is 752 Å². The lowest BCUT2D eigenvalue weighted by atomic mass is 9.96. The molecular weight excluding hydrogens is 1610 g/mol. The molecule has 7 aromatic carbocycles. The van der Waals surface area contributed by atoms with Gasteiger partial charge in [0.05, 0.1) is 36.7 Å². The number of likely N-dealkylation sites (N-methyl/N-ethyl adjacent to an activating group) is 3. The molecule has 6 atom stereocenters. The first-order chi connectivity index (χ1) is 61.8. The number of anilines is 6. The number of hydrogen-bond acceptors (Lipinski definition) is 21. The van der Waals surface area contributed by atoms with Crippen molar-refractivity contribution in [3.63, 3.8) is 0 Å². The zero-order valence-corrected chi connectivity index (χ0v) is 73.5. The summed E-state index contributed by atoms with van der Waals surface area (Å²) in [6.45, 7) is 40.1. The molecular formula is C101H119FN20O6. The van der Waals surface area contributed by atoms with E-state index in [0.29, 0.717) is 121 Å². The average Bonchev–Trinajstić information content (AvgIpc) is 1.20. The van der Waals surface area contributed by atoms with Crippen LogP contribution in [0.15, 0.2) is 158 Å². The molecule has 12 heterocycles. The highest BCUT2D eigenvalue weighted by atomic mass is 19.0. The molecule has 10 aromatic rings. The van der Waals surface area contributed by atoms with Gasteiger partial charge in [-0.15, -0.1) is 0 Å². The number of amides is 2. The summed E-state index contributed by atoms with van der Waals surface area (Å²) in [5.74, 6) is 8.32. The van der Waals surface area contributed by atoms with Crippen molar-refractivity contribution in [2.75, 3.05) is 182 Å². The van der Waals surface area contributed by atoms with Gasteiger partial charge in [0, 0.05) is 146 Å². The third-order valence-electron chi connectivity index (χ3n) is 26.9. The number of likely N-dealkylation sites (tertiary alicyclic amines) is 3. The molecule has 19 rings (SSSR count). The van der Waals surface area contributed by atoms with Gasteiger partial charge >= 0.3 is 24.1 Å². The van der Waals surface area contributed by atoms with Crippen LogP contribution >= 0.6 is 0 Å². The van der Waals surface area contributed by atoms with E-state index in [1.54, 1.807) is 16.7 Å². The molecule has 3 aromatic heterocycles. The number of fused-ring (bicyclic) bond motifs is 6. The lowest BCUT2D eigenvalue weighted by Gasteiger charge is -2.40. The molecule has 26 nitrogen and oxygen atoms in total. The SMILES string of the molecule is C.F.[C-]#[N+]CC1CCCN(c2nc(OC[C@@H]3CCCN3C)nc3c2CCN(c2cccc4ccccc24)C3)C1.[C-]#[N+]CC1CN(c2nc(OC[C@@H]3CCCN3C)nc3c2CCN(c2cccc4ccccc24)C3)CCN1C(=O)C#CC.[C-]#[N+]CC1CN(c2nc(OC[C@@H]3CCCN3C)nc3c2CCN(c2cccc4ccccc24)C3)CCN1C(=O)OCc1ccccc1. The molecule has 0 N–H and O–H groups in total. The Hall–Kier alpha value is -12.7. The standard InChI is InChI=1S/C37H41N7O3.C33H37N7O2.C30H36N6O.CH4.FH/c1-38-22-30-23-43(20-21-44(30)37(45)47-25-27-10-4-3-5-11-27)35-32-17-19-42(34-16-8-13-28-12-6-7-15-31(28)34)24-33(32)39-36(40-35)46-26-29-14-9-18-41(29)2;1-4-9-31(41)40-19-18-39(21-26(40)20-34-2)32-28-15-17-38(30-14-7-11-24-10-5-6-13-27(24)30)22-29(28)35-33(36-32)42-23-25-12-8-16-37(25)3;1-31-18-22-8-6-16-36(19-22)29-26-14-17-35(28-13-5-10-23-9-3-4-12-25(23)28)20-27(26)32-30(33-29)37-21-24-11-7-15-34(24)2;;/h3-8,10-13,15-16,29-30H,9,14,17-26H2,2H3;5-7,10-11,13-14,25-26H,8,12,15-23H2,1,3H3;3-5,9-10,12-13,22,24H,6-8,11,14-21H2,2H3;1H4;1H/t29-,30?;25-,26?;22?,24-;;/m000../s1. The van der Waals surface area contributed by atoms with E-state index in [0.717, 1.165) is 161 Å². The molecule has 0 saturated carbocycles. The molecule has 6 saturated heterocycles. The number of piperazine rings is 2. The van der Waals surface area contributed by atoms with Gasteiger partial charge in [-0.25, -0.2) is 24.5 Å². The number of benzene rings is 7. The first kappa shape index (κ1) is 90.1. The normalized spacial score (nSPS) is 20.4. The zero-order chi connectivity index (χ0) is 86.4. The summed E-state index contributed by atoms with van der Waals surface area (Å²) >= 11 is 0. The third-order valence-corrected chi connectivity index (χ3v) is 26.9. The summed E-state index contributed by atoms with van der Waals surface area (Å²) in [5, 5.41) is 7.44. The molecule has 666 valence electrons. The van der Waals surface area contributed by atoms with Crippen molar-refractivity contribution in [3.8, 4) is 29.9 Å². The van der Waals surface area contributed by atoms with Crippen LogP contribution in [-0.2, 0) is 55.0 Å². The quantitative estimate of drug-likeness (QED) is 0.0515. The van der Waals surface area contributed by atoms with Gasteiger partial charge in [0.25, 0.3) is 5.91 Å². The van der Waals surface area contributed by atoms with E-state index in [1.807, 2.05) is 30.3 Å². The number of nitrogens with zero attached hydrogens (tertiary/aromatic N) is 20. The maximum atomic E-state index is 13.2. The largest absolute Gasteiger partial charge is 0.462 e. The van der Waals surface area contributed by atoms with Crippen LogP contribution in [0.1, 0.15) is 105 Å². The van der Waals surface area contributed by atoms with E-state index in [-0.39, 0.29) is 55.9 Å². The van der Waals surface area contributed by atoms with Crippen molar-refractivity contribution < 1.29 is 33.2 Å². The van der Waals surface area contributed by atoms with Crippen LogP contribution in [0.25, 0.3) is 46.9 Å². The van der Waals surface area contributed by atoms with Crippen LogP contribution in [0.5, 0.6) is 18.0 Å². The Balaban J connectivity index is 0.000000148. The van der Waals surface area contributed by atoms with Gasteiger partial charge in [0.1, 0.15) is 56.0 Å². The first-order valence-electron chi connectivity index (χ1n) is 45.1. The second-order valence-electron chi connectivity index (χ2n) is 34.8. The van der Waals surface area contributed by atoms with Crippen molar-refractivity contribution in [2.45, 2.75) is 141 Å². The number of halogens is 1. The second kappa shape index (κ2) is 42.3. The zero-order valence-electron chi connectivity index (χ0n) is 73.5. The fourth-order valence-corrected chi connectivity index (χ4v) is 19.9. The second-order valence-corrected chi connectivity index (χ2v) is 34.8. The number of piperidine rings is 1. The molecule has 9 aliphatic rings. The third kappa shape index (κ3) is 20.6. The fourth-order valence-electron chi connectivity index (χ4n) is 19.9. The molecule has 128 heavy (non-hydrogen) atoms. The topological polar surface area (TPSA) is 197 Å². The van der Waals surface area contributed by atoms with Crippen molar-refractivity contribution in [3.05, 3.63) is 231 Å². The number of ether oxygens (including phenoxy) is 4. The van der Waals surface area contributed by atoms with Crippen LogP contribution in [0.4, 0.5) is 44.0 Å².